The van der Waals surface area contributed by atoms with Crippen LogP contribution < -0.4 is 11.1 Å². The van der Waals surface area contributed by atoms with Gasteiger partial charge in [-0.1, -0.05) is 17.4 Å². The lowest BCUT2D eigenvalue weighted by Gasteiger charge is -2.05. The van der Waals surface area contributed by atoms with E-state index in [4.69, 9.17) is 5.73 Å². The SMILES string of the molecule is Cc1ncc(CNc2nc3c(C)c(C)ccc3s2)c(N)n1. The normalized spacial score (nSPS) is 11.0. The first-order chi connectivity index (χ1) is 10.0. The van der Waals surface area contributed by atoms with Gasteiger partial charge in [0, 0.05) is 18.3 Å². The molecule has 0 saturated carbocycles. The zero-order valence-electron chi connectivity index (χ0n) is 12.3. The molecule has 0 aliphatic carbocycles. The molecule has 0 radical (unpaired) electrons. The van der Waals surface area contributed by atoms with Crippen LogP contribution in [0.3, 0.4) is 0 Å². The Labute approximate surface area is 127 Å². The molecule has 0 bridgehead atoms. The Morgan fingerprint density at radius 2 is 2.00 bits per heavy atom. The van der Waals surface area contributed by atoms with Crippen LogP contribution in [0, 0.1) is 20.8 Å². The molecule has 6 heteroatoms. The van der Waals surface area contributed by atoms with Crippen LogP contribution in [0.4, 0.5) is 10.9 Å². The fraction of sp³-hybridized carbons (Fsp3) is 0.267. The van der Waals surface area contributed by atoms with E-state index in [1.807, 2.05) is 6.92 Å². The standard InChI is InChI=1S/C15H17N5S/c1-8-4-5-12-13(9(8)2)20-15(21-12)18-7-11-6-17-10(3)19-14(11)16/h4-6H,7H2,1-3H3,(H,18,20)(H2,16,17,19). The zero-order chi connectivity index (χ0) is 15.0. The van der Waals surface area contributed by atoms with E-state index in [0.717, 1.165) is 16.2 Å². The number of hydrogen-bond acceptors (Lipinski definition) is 6. The van der Waals surface area contributed by atoms with Gasteiger partial charge in [-0.3, -0.25) is 0 Å². The first-order valence-electron chi connectivity index (χ1n) is 6.73. The van der Waals surface area contributed by atoms with Crippen LogP contribution in [0.15, 0.2) is 18.3 Å². The largest absolute Gasteiger partial charge is 0.383 e. The smallest absolute Gasteiger partial charge is 0.184 e. The van der Waals surface area contributed by atoms with E-state index in [-0.39, 0.29) is 0 Å². The summed E-state index contributed by atoms with van der Waals surface area (Å²) >= 11 is 1.64. The summed E-state index contributed by atoms with van der Waals surface area (Å²) in [4.78, 5) is 13.0. The summed E-state index contributed by atoms with van der Waals surface area (Å²) < 4.78 is 1.19. The lowest BCUT2D eigenvalue weighted by molar-refractivity contribution is 1.00. The Morgan fingerprint density at radius 3 is 2.76 bits per heavy atom. The molecule has 0 unspecified atom stereocenters. The minimum absolute atomic E-state index is 0.517. The van der Waals surface area contributed by atoms with E-state index in [2.05, 4.69) is 46.2 Å². The molecule has 1 aromatic carbocycles. The first kappa shape index (κ1) is 13.8. The number of aryl methyl sites for hydroxylation is 3. The summed E-state index contributed by atoms with van der Waals surface area (Å²) in [5.74, 6) is 1.20. The highest BCUT2D eigenvalue weighted by atomic mass is 32.1. The Hall–Kier alpha value is -2.21. The quantitative estimate of drug-likeness (QED) is 0.776. The van der Waals surface area contributed by atoms with E-state index >= 15 is 0 Å². The van der Waals surface area contributed by atoms with E-state index in [1.165, 1.54) is 15.8 Å². The highest BCUT2D eigenvalue weighted by Crippen LogP contribution is 2.29. The first-order valence-corrected chi connectivity index (χ1v) is 7.55. The van der Waals surface area contributed by atoms with E-state index in [0.29, 0.717) is 18.2 Å². The van der Waals surface area contributed by atoms with Crippen molar-refractivity contribution >= 4 is 32.5 Å². The predicted molar refractivity (Wildman–Crippen MR) is 87.6 cm³/mol. The van der Waals surface area contributed by atoms with E-state index < -0.39 is 0 Å². The van der Waals surface area contributed by atoms with Gasteiger partial charge in [0.15, 0.2) is 5.13 Å². The Bertz CT molecular complexity index is 809. The van der Waals surface area contributed by atoms with Crippen LogP contribution in [0.25, 0.3) is 10.2 Å². The van der Waals surface area contributed by atoms with Crippen molar-refractivity contribution in [1.82, 2.24) is 15.0 Å². The molecule has 3 rings (SSSR count). The Morgan fingerprint density at radius 1 is 1.19 bits per heavy atom. The second-order valence-corrected chi connectivity index (χ2v) is 6.09. The van der Waals surface area contributed by atoms with Gasteiger partial charge in [-0.25, -0.2) is 15.0 Å². The maximum atomic E-state index is 5.90. The lowest BCUT2D eigenvalue weighted by atomic mass is 10.1. The highest BCUT2D eigenvalue weighted by molar-refractivity contribution is 7.22. The van der Waals surface area contributed by atoms with Crippen molar-refractivity contribution in [2.45, 2.75) is 27.3 Å². The van der Waals surface area contributed by atoms with Crippen molar-refractivity contribution in [3.05, 3.63) is 40.8 Å². The average Bonchev–Trinajstić information content (AvgIpc) is 2.86. The maximum absolute atomic E-state index is 5.90. The summed E-state index contributed by atoms with van der Waals surface area (Å²) in [6, 6.07) is 4.25. The van der Waals surface area contributed by atoms with E-state index in [9.17, 15) is 0 Å². The van der Waals surface area contributed by atoms with Gasteiger partial charge < -0.3 is 11.1 Å². The molecule has 5 nitrogen and oxygen atoms in total. The molecule has 21 heavy (non-hydrogen) atoms. The third-order valence-corrected chi connectivity index (χ3v) is 4.51. The van der Waals surface area contributed by atoms with Crippen LogP contribution in [0.1, 0.15) is 22.5 Å². The van der Waals surface area contributed by atoms with Gasteiger partial charge in [0.1, 0.15) is 11.6 Å². The number of benzene rings is 1. The minimum atomic E-state index is 0.517. The number of fused-ring (bicyclic) bond motifs is 1. The van der Waals surface area contributed by atoms with Crippen LogP contribution >= 0.6 is 11.3 Å². The van der Waals surface area contributed by atoms with Crippen molar-refractivity contribution in [3.8, 4) is 0 Å². The van der Waals surface area contributed by atoms with Gasteiger partial charge in [0.05, 0.1) is 10.2 Å². The summed E-state index contributed by atoms with van der Waals surface area (Å²) in [5, 5.41) is 4.19. The predicted octanol–water partition coefficient (Wildman–Crippen LogP) is 3.21. The molecule has 2 aromatic heterocycles. The molecule has 0 aliphatic rings. The van der Waals surface area contributed by atoms with Crippen LogP contribution in [-0.2, 0) is 6.54 Å². The van der Waals surface area contributed by atoms with Gasteiger partial charge >= 0.3 is 0 Å². The maximum Gasteiger partial charge on any atom is 0.184 e. The van der Waals surface area contributed by atoms with Crippen molar-refractivity contribution < 1.29 is 0 Å². The van der Waals surface area contributed by atoms with Gasteiger partial charge in [-0.15, -0.1) is 0 Å². The van der Waals surface area contributed by atoms with E-state index in [1.54, 1.807) is 17.5 Å². The summed E-state index contributed by atoms with van der Waals surface area (Å²) in [7, 11) is 0. The summed E-state index contributed by atoms with van der Waals surface area (Å²) in [6.07, 6.45) is 1.76. The fourth-order valence-corrected chi connectivity index (χ4v) is 3.04. The third-order valence-electron chi connectivity index (χ3n) is 3.53. The topological polar surface area (TPSA) is 76.7 Å². The van der Waals surface area contributed by atoms with Crippen molar-refractivity contribution in [3.63, 3.8) is 0 Å². The fourth-order valence-electron chi connectivity index (χ4n) is 2.12. The molecular weight excluding hydrogens is 282 g/mol. The molecule has 0 spiro atoms. The number of rotatable bonds is 3. The van der Waals surface area contributed by atoms with Crippen LogP contribution in [0.5, 0.6) is 0 Å². The minimum Gasteiger partial charge on any atom is -0.383 e. The number of anilines is 2. The number of nitrogens with two attached hydrogens (primary N) is 1. The Balaban J connectivity index is 1.84. The lowest BCUT2D eigenvalue weighted by Crippen LogP contribution is -2.06. The number of nitrogens with one attached hydrogen (secondary N) is 1. The average molecular weight is 299 g/mol. The number of thiazole rings is 1. The molecule has 0 saturated heterocycles. The second kappa shape index (κ2) is 5.29. The molecular formula is C15H17N5S. The van der Waals surface area contributed by atoms with Gasteiger partial charge in [-0.2, -0.15) is 0 Å². The number of nitrogens with zero attached hydrogens (tertiary/aromatic N) is 3. The monoisotopic (exact) mass is 299 g/mol. The highest BCUT2D eigenvalue weighted by Gasteiger charge is 2.08. The second-order valence-electron chi connectivity index (χ2n) is 5.05. The van der Waals surface area contributed by atoms with Crippen molar-refractivity contribution in [1.29, 1.82) is 0 Å². The Kier molecular flexibility index (Phi) is 3.47. The molecule has 0 amide bonds. The molecule has 3 N–H and O–H groups in total. The molecule has 0 atom stereocenters. The summed E-state index contributed by atoms with van der Waals surface area (Å²) in [6.45, 7) is 6.61. The van der Waals surface area contributed by atoms with Crippen molar-refractivity contribution in [2.75, 3.05) is 11.1 Å². The molecule has 0 aliphatic heterocycles. The number of nitrogen functional groups attached to an aromatic ring is 1. The van der Waals surface area contributed by atoms with Crippen LogP contribution in [0.2, 0.25) is 0 Å². The molecule has 2 heterocycles. The molecule has 0 fully saturated rings. The molecule has 108 valence electrons. The number of hydrogen-bond donors (Lipinski definition) is 2. The summed E-state index contributed by atoms with van der Waals surface area (Å²) in [5.41, 5.74) is 10.3. The zero-order valence-corrected chi connectivity index (χ0v) is 13.1. The van der Waals surface area contributed by atoms with Gasteiger partial charge in [0.25, 0.3) is 0 Å². The van der Waals surface area contributed by atoms with Crippen molar-refractivity contribution in [2.24, 2.45) is 0 Å². The van der Waals surface area contributed by atoms with Crippen LogP contribution in [-0.4, -0.2) is 15.0 Å². The third kappa shape index (κ3) is 2.67. The van der Waals surface area contributed by atoms with Gasteiger partial charge in [-0.05, 0) is 38.0 Å². The van der Waals surface area contributed by atoms with Gasteiger partial charge in [0.2, 0.25) is 0 Å². The number of aromatic nitrogens is 3. The molecule has 3 aromatic rings.